The fourth-order valence-electron chi connectivity index (χ4n) is 1.56. The van der Waals surface area contributed by atoms with Gasteiger partial charge >= 0.3 is 0 Å². The Morgan fingerprint density at radius 2 is 2.27 bits per heavy atom. The topological polar surface area (TPSA) is 33.0 Å². The van der Waals surface area contributed by atoms with E-state index in [-0.39, 0.29) is 0 Å². The van der Waals surface area contributed by atoms with Crippen LogP contribution in [0.2, 0.25) is 0 Å². The molecule has 0 aromatic carbocycles. The van der Waals surface area contributed by atoms with Crippen LogP contribution in [0.3, 0.4) is 0 Å². The lowest BCUT2D eigenvalue weighted by molar-refractivity contribution is 0.1000. The number of nitrogens with zero attached hydrogens (tertiary/aromatic N) is 1. The van der Waals surface area contributed by atoms with Crippen LogP contribution in [-0.2, 0) is 10.5 Å². The fourth-order valence-corrected chi connectivity index (χ4v) is 3.62. The second-order valence-electron chi connectivity index (χ2n) is 3.50. The SMILES string of the molecule is N#Cc1ccc(CSC2CCOCC2)s1. The predicted octanol–water partition coefficient (Wildman–Crippen LogP) is 3.03. The molecule has 80 valence electrons. The number of hydrogen-bond donors (Lipinski definition) is 0. The maximum absolute atomic E-state index is 8.70. The van der Waals surface area contributed by atoms with Crippen LogP contribution in [0.4, 0.5) is 0 Å². The van der Waals surface area contributed by atoms with Crippen LogP contribution in [0.1, 0.15) is 22.6 Å². The lowest BCUT2D eigenvalue weighted by Crippen LogP contribution is -2.17. The van der Waals surface area contributed by atoms with Crippen molar-refractivity contribution in [2.75, 3.05) is 13.2 Å². The van der Waals surface area contributed by atoms with Gasteiger partial charge in [0.25, 0.3) is 0 Å². The maximum Gasteiger partial charge on any atom is 0.110 e. The van der Waals surface area contributed by atoms with E-state index >= 15 is 0 Å². The van der Waals surface area contributed by atoms with E-state index < -0.39 is 0 Å². The third kappa shape index (κ3) is 3.23. The number of nitriles is 1. The van der Waals surface area contributed by atoms with E-state index in [4.69, 9.17) is 10.00 Å². The minimum atomic E-state index is 0.742. The van der Waals surface area contributed by atoms with Gasteiger partial charge in [0, 0.05) is 29.1 Å². The second kappa shape index (κ2) is 5.55. The van der Waals surface area contributed by atoms with E-state index in [1.165, 1.54) is 17.7 Å². The average molecular weight is 239 g/mol. The van der Waals surface area contributed by atoms with Crippen molar-refractivity contribution < 1.29 is 4.74 Å². The van der Waals surface area contributed by atoms with Gasteiger partial charge in [-0.1, -0.05) is 0 Å². The molecule has 0 unspecified atom stereocenters. The van der Waals surface area contributed by atoms with Gasteiger partial charge in [-0.3, -0.25) is 0 Å². The molecule has 1 aliphatic heterocycles. The van der Waals surface area contributed by atoms with Gasteiger partial charge in [-0.15, -0.1) is 11.3 Å². The van der Waals surface area contributed by atoms with E-state index in [0.717, 1.165) is 29.1 Å². The molecule has 1 fully saturated rings. The molecule has 0 spiro atoms. The lowest BCUT2D eigenvalue weighted by Gasteiger charge is -2.20. The van der Waals surface area contributed by atoms with Crippen molar-refractivity contribution in [3.8, 4) is 6.07 Å². The summed E-state index contributed by atoms with van der Waals surface area (Å²) in [4.78, 5) is 2.13. The van der Waals surface area contributed by atoms with Crippen molar-refractivity contribution in [1.29, 1.82) is 5.26 Å². The third-order valence-electron chi connectivity index (χ3n) is 2.40. The van der Waals surface area contributed by atoms with Crippen LogP contribution in [0.5, 0.6) is 0 Å². The minimum absolute atomic E-state index is 0.742. The van der Waals surface area contributed by atoms with E-state index in [1.54, 1.807) is 11.3 Å². The Hall–Kier alpha value is -0.500. The van der Waals surface area contributed by atoms with Crippen molar-refractivity contribution in [3.05, 3.63) is 21.9 Å². The molecule has 0 saturated carbocycles. The smallest absolute Gasteiger partial charge is 0.110 e. The molecule has 2 rings (SSSR count). The largest absolute Gasteiger partial charge is 0.381 e. The molecule has 0 aliphatic carbocycles. The molecule has 0 N–H and O–H groups in total. The molecule has 1 aromatic rings. The first kappa shape index (κ1) is 11.0. The Morgan fingerprint density at radius 3 is 2.93 bits per heavy atom. The summed E-state index contributed by atoms with van der Waals surface area (Å²) in [6.07, 6.45) is 2.34. The van der Waals surface area contributed by atoms with Crippen LogP contribution in [0.15, 0.2) is 12.1 Å². The first-order valence-corrected chi connectivity index (χ1v) is 6.93. The molecule has 2 nitrogen and oxygen atoms in total. The summed E-state index contributed by atoms with van der Waals surface area (Å²) in [5.74, 6) is 1.04. The highest BCUT2D eigenvalue weighted by atomic mass is 32.2. The van der Waals surface area contributed by atoms with Crippen LogP contribution in [0.25, 0.3) is 0 Å². The number of thioether (sulfide) groups is 1. The predicted molar refractivity (Wildman–Crippen MR) is 64.2 cm³/mol. The highest BCUT2D eigenvalue weighted by Gasteiger charge is 2.14. The van der Waals surface area contributed by atoms with Crippen LogP contribution < -0.4 is 0 Å². The monoisotopic (exact) mass is 239 g/mol. The average Bonchev–Trinajstić information content (AvgIpc) is 2.76. The van der Waals surface area contributed by atoms with Gasteiger partial charge in [0.1, 0.15) is 10.9 Å². The molecular weight excluding hydrogens is 226 g/mol. The fraction of sp³-hybridized carbons (Fsp3) is 0.545. The highest BCUT2D eigenvalue weighted by Crippen LogP contribution is 2.28. The molecule has 0 bridgehead atoms. The zero-order chi connectivity index (χ0) is 10.5. The van der Waals surface area contributed by atoms with Crippen LogP contribution >= 0.6 is 23.1 Å². The minimum Gasteiger partial charge on any atom is -0.381 e. The summed E-state index contributed by atoms with van der Waals surface area (Å²) in [5.41, 5.74) is 0. The van der Waals surface area contributed by atoms with Gasteiger partial charge in [0.05, 0.1) is 0 Å². The molecule has 1 aromatic heterocycles. The number of rotatable bonds is 3. The standard InChI is InChI=1S/C11H13NOS2/c12-7-10-1-2-11(15-10)8-14-9-3-5-13-6-4-9/h1-2,9H,3-6,8H2. The van der Waals surface area contributed by atoms with Gasteiger partial charge in [-0.2, -0.15) is 17.0 Å². The molecule has 15 heavy (non-hydrogen) atoms. The Kier molecular flexibility index (Phi) is 4.07. The van der Waals surface area contributed by atoms with Gasteiger partial charge < -0.3 is 4.74 Å². The maximum atomic E-state index is 8.70. The van der Waals surface area contributed by atoms with E-state index in [9.17, 15) is 0 Å². The van der Waals surface area contributed by atoms with E-state index in [2.05, 4.69) is 12.1 Å². The third-order valence-corrected chi connectivity index (χ3v) is 4.99. The van der Waals surface area contributed by atoms with Gasteiger partial charge in [0.15, 0.2) is 0 Å². The van der Waals surface area contributed by atoms with Gasteiger partial charge in [-0.25, -0.2) is 0 Å². The summed E-state index contributed by atoms with van der Waals surface area (Å²) in [6.45, 7) is 1.82. The van der Waals surface area contributed by atoms with E-state index in [1.807, 2.05) is 17.8 Å². The summed E-state index contributed by atoms with van der Waals surface area (Å²) in [5, 5.41) is 9.45. The first-order chi connectivity index (χ1) is 7.38. The van der Waals surface area contributed by atoms with Gasteiger partial charge in [-0.05, 0) is 25.0 Å². The zero-order valence-corrected chi connectivity index (χ0v) is 10.1. The van der Waals surface area contributed by atoms with Crippen molar-refractivity contribution in [2.24, 2.45) is 0 Å². The summed E-state index contributed by atoms with van der Waals surface area (Å²) < 4.78 is 5.32. The first-order valence-electron chi connectivity index (χ1n) is 5.06. The number of ether oxygens (including phenoxy) is 1. The Morgan fingerprint density at radius 1 is 1.47 bits per heavy atom. The Bertz CT molecular complexity index is 350. The van der Waals surface area contributed by atoms with Crippen LogP contribution in [-0.4, -0.2) is 18.5 Å². The number of thiophene rings is 1. The van der Waals surface area contributed by atoms with E-state index in [0.29, 0.717) is 0 Å². The summed E-state index contributed by atoms with van der Waals surface area (Å²) in [6, 6.07) is 6.15. The molecular formula is C11H13NOS2. The van der Waals surface area contributed by atoms with Crippen molar-refractivity contribution in [2.45, 2.75) is 23.8 Å². The summed E-state index contributed by atoms with van der Waals surface area (Å²) in [7, 11) is 0. The molecule has 1 aliphatic rings. The molecule has 1 saturated heterocycles. The quantitative estimate of drug-likeness (QED) is 0.813. The van der Waals surface area contributed by atoms with Crippen molar-refractivity contribution in [1.82, 2.24) is 0 Å². The Labute approximate surface area is 98.2 Å². The summed E-state index contributed by atoms with van der Waals surface area (Å²) >= 11 is 3.60. The molecule has 0 atom stereocenters. The van der Waals surface area contributed by atoms with Crippen molar-refractivity contribution >= 4 is 23.1 Å². The second-order valence-corrected chi connectivity index (χ2v) is 5.96. The number of hydrogen-bond acceptors (Lipinski definition) is 4. The Balaban J connectivity index is 1.79. The molecule has 0 amide bonds. The molecule has 0 radical (unpaired) electrons. The normalized spacial score (nSPS) is 17.5. The molecule has 4 heteroatoms. The molecule has 2 heterocycles. The van der Waals surface area contributed by atoms with Crippen LogP contribution in [0, 0.1) is 11.3 Å². The highest BCUT2D eigenvalue weighted by molar-refractivity contribution is 7.99. The van der Waals surface area contributed by atoms with Gasteiger partial charge in [0.2, 0.25) is 0 Å². The lowest BCUT2D eigenvalue weighted by atomic mass is 10.2. The van der Waals surface area contributed by atoms with Crippen molar-refractivity contribution in [3.63, 3.8) is 0 Å². The zero-order valence-electron chi connectivity index (χ0n) is 8.44.